The highest BCUT2D eigenvalue weighted by Gasteiger charge is 2.21. The van der Waals surface area contributed by atoms with Gasteiger partial charge < -0.3 is 14.2 Å². The number of rotatable bonds is 6. The van der Waals surface area contributed by atoms with Gasteiger partial charge in [-0.25, -0.2) is 0 Å². The lowest BCUT2D eigenvalue weighted by atomic mass is 10.1. The number of ether oxygens (including phenoxy) is 1. The van der Waals surface area contributed by atoms with Crippen LogP contribution >= 0.6 is 0 Å². The first-order chi connectivity index (χ1) is 14.2. The molecule has 0 aliphatic carbocycles. The maximum absolute atomic E-state index is 13.0. The number of aromatic amines is 1. The molecule has 0 fully saturated rings. The van der Waals surface area contributed by atoms with Crippen molar-refractivity contribution in [3.63, 3.8) is 0 Å². The average Bonchev–Trinajstić information content (AvgIpc) is 3.44. The number of aromatic nitrogens is 4. The summed E-state index contributed by atoms with van der Waals surface area (Å²) in [5.74, 6) is 1.33. The molecule has 146 valence electrons. The van der Waals surface area contributed by atoms with Crippen molar-refractivity contribution in [1.29, 1.82) is 0 Å². The fourth-order valence-corrected chi connectivity index (χ4v) is 2.95. The van der Waals surface area contributed by atoms with Crippen LogP contribution in [0.5, 0.6) is 5.75 Å². The number of benzene rings is 2. The van der Waals surface area contributed by atoms with Gasteiger partial charge in [-0.1, -0.05) is 47.6 Å². The van der Waals surface area contributed by atoms with Crippen molar-refractivity contribution in [2.24, 2.45) is 0 Å². The van der Waals surface area contributed by atoms with Gasteiger partial charge in [0.05, 0.1) is 24.6 Å². The zero-order valence-corrected chi connectivity index (χ0v) is 16.0. The molecule has 0 unspecified atom stereocenters. The summed E-state index contributed by atoms with van der Waals surface area (Å²) in [6, 6.07) is 16.9. The number of carbonyl (C=O) groups is 1. The molecule has 2 aromatic heterocycles. The number of nitrogens with one attached hydrogen (secondary N) is 1. The molecule has 0 aliphatic rings. The van der Waals surface area contributed by atoms with E-state index >= 15 is 0 Å². The molecule has 2 aromatic carbocycles. The first kappa shape index (κ1) is 18.4. The molecule has 4 rings (SSSR count). The molecule has 4 aromatic rings. The van der Waals surface area contributed by atoms with Gasteiger partial charge in [0, 0.05) is 18.2 Å². The molecule has 0 radical (unpaired) electrons. The Morgan fingerprint density at radius 2 is 1.93 bits per heavy atom. The van der Waals surface area contributed by atoms with Crippen molar-refractivity contribution >= 4 is 5.91 Å². The smallest absolute Gasteiger partial charge is 0.257 e. The van der Waals surface area contributed by atoms with Crippen LogP contribution in [0.25, 0.3) is 22.6 Å². The van der Waals surface area contributed by atoms with Gasteiger partial charge in [0.15, 0.2) is 0 Å². The third-order valence-corrected chi connectivity index (χ3v) is 4.45. The fraction of sp³-hybridized carbons (Fsp3) is 0.143. The standard InChI is InChI=1S/C21H19N5O3/c1-26(13-18-23-20(25-29-18)14-7-4-3-5-8-14)21(27)17-12-22-24-19(17)15-9-6-10-16(11-15)28-2/h3-12H,13H2,1-2H3,(H,22,24). The quantitative estimate of drug-likeness (QED) is 0.543. The highest BCUT2D eigenvalue weighted by atomic mass is 16.5. The van der Waals surface area contributed by atoms with Gasteiger partial charge in [-0.3, -0.25) is 9.89 Å². The molecule has 0 atom stereocenters. The zero-order valence-electron chi connectivity index (χ0n) is 16.0. The van der Waals surface area contributed by atoms with Crippen molar-refractivity contribution in [2.45, 2.75) is 6.54 Å². The Morgan fingerprint density at radius 1 is 1.14 bits per heavy atom. The molecule has 2 heterocycles. The van der Waals surface area contributed by atoms with Crippen LogP contribution in [0.4, 0.5) is 0 Å². The van der Waals surface area contributed by atoms with Crippen molar-refractivity contribution in [3.05, 3.63) is 72.2 Å². The first-order valence-corrected chi connectivity index (χ1v) is 8.97. The molecule has 0 saturated heterocycles. The van der Waals surface area contributed by atoms with E-state index in [9.17, 15) is 4.79 Å². The van der Waals surface area contributed by atoms with Gasteiger partial charge in [0.25, 0.3) is 5.91 Å². The van der Waals surface area contributed by atoms with E-state index in [0.29, 0.717) is 28.7 Å². The van der Waals surface area contributed by atoms with E-state index < -0.39 is 0 Å². The Morgan fingerprint density at radius 3 is 2.72 bits per heavy atom. The van der Waals surface area contributed by atoms with Gasteiger partial charge in [-0.05, 0) is 12.1 Å². The van der Waals surface area contributed by atoms with E-state index in [2.05, 4.69) is 20.3 Å². The maximum atomic E-state index is 13.0. The van der Waals surface area contributed by atoms with Crippen LogP contribution in [-0.2, 0) is 6.54 Å². The normalized spacial score (nSPS) is 10.7. The van der Waals surface area contributed by atoms with Gasteiger partial charge in [0.2, 0.25) is 11.7 Å². The number of hydrogen-bond donors (Lipinski definition) is 1. The topological polar surface area (TPSA) is 97.1 Å². The third-order valence-electron chi connectivity index (χ3n) is 4.45. The summed E-state index contributed by atoms with van der Waals surface area (Å²) in [5.41, 5.74) is 2.73. The Hall–Kier alpha value is -3.94. The molecule has 1 N–H and O–H groups in total. The van der Waals surface area contributed by atoms with E-state index in [4.69, 9.17) is 9.26 Å². The second kappa shape index (κ2) is 7.97. The monoisotopic (exact) mass is 389 g/mol. The Labute approximate surface area is 167 Å². The van der Waals surface area contributed by atoms with Crippen molar-refractivity contribution < 1.29 is 14.1 Å². The summed E-state index contributed by atoms with van der Waals surface area (Å²) >= 11 is 0. The fourth-order valence-electron chi connectivity index (χ4n) is 2.95. The summed E-state index contributed by atoms with van der Waals surface area (Å²) in [6.45, 7) is 0.182. The van der Waals surface area contributed by atoms with Gasteiger partial charge >= 0.3 is 0 Å². The minimum atomic E-state index is -0.212. The SMILES string of the molecule is COc1cccc(-c2[nH]ncc2C(=O)N(C)Cc2nc(-c3ccccc3)no2)c1. The van der Waals surface area contributed by atoms with Crippen LogP contribution < -0.4 is 4.74 Å². The molecule has 0 aliphatic heterocycles. The molecule has 29 heavy (non-hydrogen) atoms. The number of H-pyrrole nitrogens is 1. The number of nitrogens with zero attached hydrogens (tertiary/aromatic N) is 4. The third kappa shape index (κ3) is 3.86. The Balaban J connectivity index is 1.52. The lowest BCUT2D eigenvalue weighted by Gasteiger charge is -2.14. The largest absolute Gasteiger partial charge is 0.497 e. The predicted octanol–water partition coefficient (Wildman–Crippen LogP) is 3.41. The molecule has 0 bridgehead atoms. The molecular formula is C21H19N5O3. The number of amides is 1. The van der Waals surface area contributed by atoms with E-state index in [1.54, 1.807) is 14.2 Å². The molecule has 0 saturated carbocycles. The molecule has 8 heteroatoms. The average molecular weight is 389 g/mol. The minimum Gasteiger partial charge on any atom is -0.497 e. The maximum Gasteiger partial charge on any atom is 0.257 e. The summed E-state index contributed by atoms with van der Waals surface area (Å²) in [6.07, 6.45) is 1.51. The first-order valence-electron chi connectivity index (χ1n) is 8.97. The Bertz CT molecular complexity index is 1120. The van der Waals surface area contributed by atoms with Crippen molar-refractivity contribution in [1.82, 2.24) is 25.2 Å². The van der Waals surface area contributed by atoms with Crippen LogP contribution in [0, 0.1) is 0 Å². The van der Waals surface area contributed by atoms with Crippen LogP contribution in [0.15, 0.2) is 65.3 Å². The van der Waals surface area contributed by atoms with Gasteiger partial charge in [0.1, 0.15) is 12.3 Å². The number of hydrogen-bond acceptors (Lipinski definition) is 6. The summed E-state index contributed by atoms with van der Waals surface area (Å²) in [7, 11) is 3.27. The highest BCUT2D eigenvalue weighted by molar-refractivity contribution is 5.99. The van der Waals surface area contributed by atoms with Gasteiger partial charge in [-0.2, -0.15) is 10.1 Å². The lowest BCUT2D eigenvalue weighted by Crippen LogP contribution is -2.26. The molecule has 8 nitrogen and oxygen atoms in total. The van der Waals surface area contributed by atoms with E-state index in [0.717, 1.165) is 11.1 Å². The number of methoxy groups -OCH3 is 1. The zero-order chi connectivity index (χ0) is 20.2. The highest BCUT2D eigenvalue weighted by Crippen LogP contribution is 2.26. The van der Waals surface area contributed by atoms with Crippen LogP contribution in [0.2, 0.25) is 0 Å². The second-order valence-electron chi connectivity index (χ2n) is 6.43. The van der Waals surface area contributed by atoms with Crippen molar-refractivity contribution in [2.75, 3.05) is 14.2 Å². The summed E-state index contributed by atoms with van der Waals surface area (Å²) in [4.78, 5) is 18.9. The second-order valence-corrected chi connectivity index (χ2v) is 6.43. The lowest BCUT2D eigenvalue weighted by molar-refractivity contribution is 0.0770. The number of carbonyl (C=O) groups excluding carboxylic acids is 1. The molecule has 0 spiro atoms. The van der Waals surface area contributed by atoms with Crippen LogP contribution in [-0.4, -0.2) is 45.3 Å². The predicted molar refractivity (Wildman–Crippen MR) is 106 cm³/mol. The summed E-state index contributed by atoms with van der Waals surface area (Å²) < 4.78 is 10.6. The van der Waals surface area contributed by atoms with E-state index in [1.807, 2.05) is 54.6 Å². The molecular weight excluding hydrogens is 370 g/mol. The molecule has 1 amide bonds. The van der Waals surface area contributed by atoms with Gasteiger partial charge in [-0.15, -0.1) is 0 Å². The van der Waals surface area contributed by atoms with Crippen LogP contribution in [0.1, 0.15) is 16.2 Å². The van der Waals surface area contributed by atoms with Crippen LogP contribution in [0.3, 0.4) is 0 Å². The Kier molecular flexibility index (Phi) is 5.07. The van der Waals surface area contributed by atoms with E-state index in [1.165, 1.54) is 11.1 Å². The summed E-state index contributed by atoms with van der Waals surface area (Å²) in [5, 5.41) is 10.9. The minimum absolute atomic E-state index is 0.182. The van der Waals surface area contributed by atoms with E-state index in [-0.39, 0.29) is 12.5 Å². The van der Waals surface area contributed by atoms with Crippen molar-refractivity contribution in [3.8, 4) is 28.4 Å².